The first-order chi connectivity index (χ1) is 15.9. The SMILES string of the molecule is COc1cccc(OC)c1/C(O)=C1\C(=O)C(=O)N(c2ccc(C)cc2C)C1c1ccccn1. The number of nitrogens with zero attached hydrogens (tertiary/aromatic N) is 2. The van der Waals surface area contributed by atoms with Gasteiger partial charge in [-0.25, -0.2) is 0 Å². The number of carbonyl (C=O) groups is 2. The van der Waals surface area contributed by atoms with Crippen molar-refractivity contribution in [3.05, 3.63) is 88.8 Å². The zero-order chi connectivity index (χ0) is 23.7. The highest BCUT2D eigenvalue weighted by Gasteiger charge is 2.48. The Bertz CT molecular complexity index is 1240. The molecule has 0 saturated carbocycles. The van der Waals surface area contributed by atoms with Gasteiger partial charge in [0.05, 0.1) is 25.5 Å². The Morgan fingerprint density at radius 1 is 0.970 bits per heavy atom. The van der Waals surface area contributed by atoms with Gasteiger partial charge in [0.25, 0.3) is 11.7 Å². The maximum absolute atomic E-state index is 13.3. The normalized spacial score (nSPS) is 17.3. The molecule has 2 heterocycles. The minimum absolute atomic E-state index is 0.0820. The number of aliphatic hydroxyl groups excluding tert-OH is 1. The summed E-state index contributed by atoms with van der Waals surface area (Å²) in [7, 11) is 2.91. The summed E-state index contributed by atoms with van der Waals surface area (Å²) in [5.74, 6) is -1.32. The molecule has 0 radical (unpaired) electrons. The van der Waals surface area contributed by atoms with Crippen LogP contribution in [0.3, 0.4) is 0 Å². The summed E-state index contributed by atoms with van der Waals surface area (Å²) in [5.41, 5.74) is 2.99. The van der Waals surface area contributed by atoms with Crippen molar-refractivity contribution in [1.82, 2.24) is 4.98 Å². The van der Waals surface area contributed by atoms with Crippen molar-refractivity contribution in [3.63, 3.8) is 0 Å². The Balaban J connectivity index is 2.02. The molecule has 168 valence electrons. The van der Waals surface area contributed by atoms with Gasteiger partial charge < -0.3 is 14.6 Å². The number of pyridine rings is 1. The summed E-state index contributed by atoms with van der Waals surface area (Å²) in [6.07, 6.45) is 1.58. The fourth-order valence-corrected chi connectivity index (χ4v) is 4.19. The monoisotopic (exact) mass is 444 g/mol. The molecule has 1 aliphatic heterocycles. The molecular weight excluding hydrogens is 420 g/mol. The number of anilines is 1. The van der Waals surface area contributed by atoms with Crippen LogP contribution in [0.4, 0.5) is 5.69 Å². The number of aromatic nitrogens is 1. The van der Waals surface area contributed by atoms with Crippen molar-refractivity contribution in [2.75, 3.05) is 19.1 Å². The van der Waals surface area contributed by atoms with E-state index in [1.807, 2.05) is 26.0 Å². The summed E-state index contributed by atoms with van der Waals surface area (Å²) in [4.78, 5) is 32.5. The maximum Gasteiger partial charge on any atom is 0.300 e. The number of aryl methyl sites for hydroxylation is 2. The van der Waals surface area contributed by atoms with Crippen LogP contribution in [0.15, 0.2) is 66.4 Å². The minimum atomic E-state index is -0.928. The third-order valence-electron chi connectivity index (χ3n) is 5.69. The second-order valence-electron chi connectivity index (χ2n) is 7.75. The largest absolute Gasteiger partial charge is 0.506 e. The second kappa shape index (κ2) is 8.78. The fourth-order valence-electron chi connectivity index (χ4n) is 4.19. The lowest BCUT2D eigenvalue weighted by Crippen LogP contribution is -2.30. The Kier molecular flexibility index (Phi) is 5.87. The number of ether oxygens (including phenoxy) is 2. The Morgan fingerprint density at radius 2 is 1.67 bits per heavy atom. The Labute approximate surface area is 191 Å². The zero-order valence-electron chi connectivity index (χ0n) is 18.8. The summed E-state index contributed by atoms with van der Waals surface area (Å²) in [6.45, 7) is 3.83. The summed E-state index contributed by atoms with van der Waals surface area (Å²) >= 11 is 0. The highest BCUT2D eigenvalue weighted by molar-refractivity contribution is 6.51. The maximum atomic E-state index is 13.3. The molecule has 1 aliphatic rings. The van der Waals surface area contributed by atoms with Crippen molar-refractivity contribution in [2.45, 2.75) is 19.9 Å². The Hall–Kier alpha value is -4.13. The molecule has 1 N–H and O–H groups in total. The van der Waals surface area contributed by atoms with E-state index in [1.54, 1.807) is 48.7 Å². The van der Waals surface area contributed by atoms with Crippen LogP contribution in [0, 0.1) is 13.8 Å². The second-order valence-corrected chi connectivity index (χ2v) is 7.75. The van der Waals surface area contributed by atoms with Crippen LogP contribution in [0.25, 0.3) is 5.76 Å². The van der Waals surface area contributed by atoms with Gasteiger partial charge in [-0.3, -0.25) is 19.5 Å². The number of Topliss-reactive ketones (excluding diaryl/α,β-unsaturated/α-hetero) is 1. The summed E-state index contributed by atoms with van der Waals surface area (Å²) in [6, 6.07) is 14.9. The van der Waals surface area contributed by atoms with Gasteiger partial charge in [-0.2, -0.15) is 0 Å². The van der Waals surface area contributed by atoms with Crippen LogP contribution in [0.1, 0.15) is 28.4 Å². The van der Waals surface area contributed by atoms with Crippen LogP contribution in [0.2, 0.25) is 0 Å². The number of hydrogen-bond donors (Lipinski definition) is 1. The Morgan fingerprint density at radius 3 is 2.24 bits per heavy atom. The van der Waals surface area contributed by atoms with E-state index in [2.05, 4.69) is 4.98 Å². The molecule has 0 spiro atoms. The van der Waals surface area contributed by atoms with Crippen molar-refractivity contribution >= 4 is 23.1 Å². The number of methoxy groups -OCH3 is 2. The number of aliphatic hydroxyl groups is 1. The van der Waals surface area contributed by atoms with Crippen molar-refractivity contribution < 1.29 is 24.2 Å². The number of rotatable bonds is 5. The number of hydrogen-bond acceptors (Lipinski definition) is 6. The number of amides is 1. The highest BCUT2D eigenvalue weighted by Crippen LogP contribution is 2.45. The molecule has 1 aromatic heterocycles. The first kappa shape index (κ1) is 22.1. The van der Waals surface area contributed by atoms with Crippen molar-refractivity contribution in [1.29, 1.82) is 0 Å². The molecule has 1 fully saturated rings. The third-order valence-corrected chi connectivity index (χ3v) is 5.69. The predicted octanol–water partition coefficient (Wildman–Crippen LogP) is 4.34. The van der Waals surface area contributed by atoms with E-state index in [0.29, 0.717) is 22.9 Å². The molecule has 7 heteroatoms. The lowest BCUT2D eigenvalue weighted by Gasteiger charge is -2.26. The van der Waals surface area contributed by atoms with Gasteiger partial charge in [0.1, 0.15) is 28.9 Å². The topological polar surface area (TPSA) is 89.0 Å². The molecule has 3 aromatic rings. The summed E-state index contributed by atoms with van der Waals surface area (Å²) < 4.78 is 10.8. The van der Waals surface area contributed by atoms with Crippen LogP contribution in [-0.2, 0) is 9.59 Å². The third kappa shape index (κ3) is 3.71. The van der Waals surface area contributed by atoms with Gasteiger partial charge >= 0.3 is 0 Å². The highest BCUT2D eigenvalue weighted by atomic mass is 16.5. The zero-order valence-corrected chi connectivity index (χ0v) is 18.8. The average Bonchev–Trinajstić information content (AvgIpc) is 3.09. The van der Waals surface area contributed by atoms with Gasteiger partial charge in [0.15, 0.2) is 0 Å². The average molecular weight is 444 g/mol. The van der Waals surface area contributed by atoms with Crippen LogP contribution in [0.5, 0.6) is 11.5 Å². The first-order valence-corrected chi connectivity index (χ1v) is 10.4. The van der Waals surface area contributed by atoms with Crippen LogP contribution < -0.4 is 14.4 Å². The molecule has 1 atom stereocenters. The van der Waals surface area contributed by atoms with Gasteiger partial charge in [0, 0.05) is 11.9 Å². The van der Waals surface area contributed by atoms with Gasteiger partial charge in [-0.15, -0.1) is 0 Å². The van der Waals surface area contributed by atoms with Crippen molar-refractivity contribution in [2.24, 2.45) is 0 Å². The smallest absolute Gasteiger partial charge is 0.300 e. The van der Waals surface area contributed by atoms with Crippen LogP contribution >= 0.6 is 0 Å². The van der Waals surface area contributed by atoms with Crippen molar-refractivity contribution in [3.8, 4) is 11.5 Å². The van der Waals surface area contributed by atoms with E-state index in [-0.39, 0.29) is 16.9 Å². The molecule has 4 rings (SSSR count). The van der Waals surface area contributed by atoms with Crippen LogP contribution in [-0.4, -0.2) is 36.0 Å². The fraction of sp³-hybridized carbons (Fsp3) is 0.192. The molecule has 7 nitrogen and oxygen atoms in total. The quantitative estimate of drug-likeness (QED) is 0.358. The number of benzene rings is 2. The summed E-state index contributed by atoms with van der Waals surface area (Å²) in [5, 5.41) is 11.4. The molecule has 2 aromatic carbocycles. The van der Waals surface area contributed by atoms with E-state index < -0.39 is 17.7 Å². The molecule has 0 aliphatic carbocycles. The number of carbonyl (C=O) groups excluding carboxylic acids is 2. The van der Waals surface area contributed by atoms with E-state index >= 15 is 0 Å². The molecule has 33 heavy (non-hydrogen) atoms. The van der Waals surface area contributed by atoms with E-state index in [1.165, 1.54) is 19.1 Å². The lowest BCUT2D eigenvalue weighted by molar-refractivity contribution is -0.132. The minimum Gasteiger partial charge on any atom is -0.506 e. The van der Waals surface area contributed by atoms with E-state index in [0.717, 1.165) is 11.1 Å². The standard InChI is InChI=1S/C26H24N2O5/c1-15-11-12-18(16(2)14-15)28-23(17-8-5-6-13-27-17)22(25(30)26(28)31)24(29)21-19(32-3)9-7-10-20(21)33-4/h5-14,23,29H,1-4H3/b24-22+. The van der Waals surface area contributed by atoms with Gasteiger partial charge in [0.2, 0.25) is 0 Å². The molecular formula is C26H24N2O5. The lowest BCUT2D eigenvalue weighted by atomic mass is 9.97. The molecule has 1 unspecified atom stereocenters. The first-order valence-electron chi connectivity index (χ1n) is 10.4. The number of ketones is 1. The van der Waals surface area contributed by atoms with E-state index in [9.17, 15) is 14.7 Å². The molecule has 1 amide bonds. The molecule has 0 bridgehead atoms. The van der Waals surface area contributed by atoms with Gasteiger partial charge in [-0.05, 0) is 49.7 Å². The van der Waals surface area contributed by atoms with E-state index in [4.69, 9.17) is 9.47 Å². The van der Waals surface area contributed by atoms with Gasteiger partial charge in [-0.1, -0.05) is 29.8 Å². The molecule has 1 saturated heterocycles. The predicted molar refractivity (Wildman–Crippen MR) is 124 cm³/mol.